The van der Waals surface area contributed by atoms with Gasteiger partial charge in [0.05, 0.1) is 0 Å². The van der Waals surface area contributed by atoms with Crippen LogP contribution in [0.25, 0.3) is 22.9 Å². The van der Waals surface area contributed by atoms with E-state index in [1.54, 1.807) is 0 Å². The van der Waals surface area contributed by atoms with Gasteiger partial charge in [-0.15, -0.1) is 10.2 Å². The molecule has 138 valence electrons. The Kier molecular flexibility index (Phi) is 6.41. The summed E-state index contributed by atoms with van der Waals surface area (Å²) in [5.41, 5.74) is 1.69. The lowest BCUT2D eigenvalue weighted by Crippen LogP contribution is -1.92. The van der Waals surface area contributed by atoms with Crippen LogP contribution >= 0.6 is 0 Å². The van der Waals surface area contributed by atoms with E-state index in [0.29, 0.717) is 25.0 Å². The van der Waals surface area contributed by atoms with Crippen molar-refractivity contribution in [2.24, 2.45) is 0 Å². The highest BCUT2D eigenvalue weighted by atomic mass is 16.5. The first-order valence-electron chi connectivity index (χ1n) is 8.82. The topological polar surface area (TPSA) is 57.4 Å². The minimum absolute atomic E-state index is 0.471. The highest BCUT2D eigenvalue weighted by Crippen LogP contribution is 2.26. The first kappa shape index (κ1) is 18.5. The number of hydrogen-bond donors (Lipinski definition) is 0. The summed E-state index contributed by atoms with van der Waals surface area (Å²) in [6.45, 7) is 5.03. The van der Waals surface area contributed by atoms with E-state index in [2.05, 4.69) is 10.2 Å². The molecule has 0 saturated heterocycles. The molecular weight excluding hydrogens is 340 g/mol. The molecule has 0 radical (unpaired) electrons. The van der Waals surface area contributed by atoms with Gasteiger partial charge in [-0.05, 0) is 62.4 Å². The van der Waals surface area contributed by atoms with Crippen molar-refractivity contribution in [3.63, 3.8) is 0 Å². The zero-order valence-corrected chi connectivity index (χ0v) is 15.5. The van der Waals surface area contributed by atoms with Crippen molar-refractivity contribution in [1.29, 1.82) is 0 Å². The lowest BCUT2D eigenvalue weighted by Gasteiger charge is -2.03. The number of nitrogens with zero attached hydrogens (tertiary/aromatic N) is 2. The number of benzene rings is 2. The number of hydrogen-bond acceptors (Lipinski definition) is 5. The molecule has 0 N–H and O–H groups in total. The molecule has 0 bridgehead atoms. The maximum Gasteiger partial charge on any atom is 0.248 e. The third kappa shape index (κ3) is 5.07. The van der Waals surface area contributed by atoms with Gasteiger partial charge in [-0.3, -0.25) is 0 Å². The third-order valence-electron chi connectivity index (χ3n) is 3.79. The van der Waals surface area contributed by atoms with E-state index in [9.17, 15) is 0 Å². The van der Waals surface area contributed by atoms with E-state index in [4.69, 9.17) is 13.9 Å². The van der Waals surface area contributed by atoms with Crippen LogP contribution in [0, 0.1) is 0 Å². The predicted octanol–water partition coefficient (Wildman–Crippen LogP) is 5.31. The summed E-state index contributed by atoms with van der Waals surface area (Å²) in [6, 6.07) is 15.2. The quantitative estimate of drug-likeness (QED) is 0.508. The summed E-state index contributed by atoms with van der Waals surface area (Å²) in [5, 5.41) is 8.28. The van der Waals surface area contributed by atoms with Gasteiger partial charge in [0.1, 0.15) is 24.7 Å². The van der Waals surface area contributed by atoms with E-state index in [-0.39, 0.29) is 0 Å². The van der Waals surface area contributed by atoms with E-state index < -0.39 is 0 Å². The Morgan fingerprint density at radius 3 is 1.48 bits per heavy atom. The average Bonchev–Trinajstić information content (AvgIpc) is 3.20. The van der Waals surface area contributed by atoms with E-state index >= 15 is 0 Å². The minimum atomic E-state index is 0.471. The zero-order chi connectivity index (χ0) is 18.9. The molecule has 0 amide bonds. The third-order valence-corrected chi connectivity index (χ3v) is 3.79. The van der Waals surface area contributed by atoms with E-state index in [1.807, 2.05) is 86.7 Å². The highest BCUT2D eigenvalue weighted by molar-refractivity contribution is 5.59. The molecule has 1 aromatic heterocycles. The standard InChI is InChI=1S/C22H22N2O3/c1-3-5-15-25-19-11-7-17(8-12-19)21-23-24-22(27-21)18-9-13-20(14-10-18)26-16-6-4-2/h3-14H,15-16H2,1-2H3. The Balaban J connectivity index is 1.67. The Hall–Kier alpha value is -3.34. The van der Waals surface area contributed by atoms with Crippen molar-refractivity contribution >= 4 is 0 Å². The molecule has 0 aliphatic carbocycles. The molecule has 0 saturated carbocycles. The number of allylic oxidation sites excluding steroid dienone is 2. The van der Waals surface area contributed by atoms with E-state index in [0.717, 1.165) is 22.6 Å². The maximum absolute atomic E-state index is 5.81. The first-order chi connectivity index (χ1) is 13.3. The molecule has 0 fully saturated rings. The molecule has 5 heteroatoms. The van der Waals surface area contributed by atoms with Gasteiger partial charge in [-0.1, -0.05) is 24.3 Å². The summed E-state index contributed by atoms with van der Waals surface area (Å²) < 4.78 is 17.0. The van der Waals surface area contributed by atoms with Crippen molar-refractivity contribution < 1.29 is 13.9 Å². The molecule has 0 aliphatic heterocycles. The van der Waals surface area contributed by atoms with Crippen LogP contribution in [-0.4, -0.2) is 23.4 Å². The fraction of sp³-hybridized carbons (Fsp3) is 0.182. The Morgan fingerprint density at radius 2 is 1.11 bits per heavy atom. The largest absolute Gasteiger partial charge is 0.490 e. The van der Waals surface area contributed by atoms with Crippen LogP contribution in [0.4, 0.5) is 0 Å². The SMILES string of the molecule is CC=CCOc1ccc(-c2nnc(-c3ccc(OCC=CC)cc3)o2)cc1. The lowest BCUT2D eigenvalue weighted by molar-refractivity contribution is 0.362. The number of rotatable bonds is 8. The summed E-state index contributed by atoms with van der Waals surface area (Å²) in [7, 11) is 0. The molecule has 0 spiro atoms. The van der Waals surface area contributed by atoms with Crippen LogP contribution in [0.15, 0.2) is 77.3 Å². The van der Waals surface area contributed by atoms with Crippen LogP contribution in [0.5, 0.6) is 11.5 Å². The second-order valence-corrected chi connectivity index (χ2v) is 5.72. The summed E-state index contributed by atoms with van der Waals surface area (Å²) in [6.07, 6.45) is 7.81. The Morgan fingerprint density at radius 1 is 0.704 bits per heavy atom. The average molecular weight is 362 g/mol. The molecule has 0 atom stereocenters. The molecule has 0 unspecified atom stereocenters. The summed E-state index contributed by atoms with van der Waals surface area (Å²) in [5.74, 6) is 2.53. The molecule has 3 aromatic rings. The fourth-order valence-corrected chi connectivity index (χ4v) is 2.33. The van der Waals surface area contributed by atoms with Gasteiger partial charge in [-0.2, -0.15) is 0 Å². The predicted molar refractivity (Wildman–Crippen MR) is 106 cm³/mol. The number of aromatic nitrogens is 2. The van der Waals surface area contributed by atoms with Crippen molar-refractivity contribution in [2.45, 2.75) is 13.8 Å². The molecule has 5 nitrogen and oxygen atoms in total. The summed E-state index contributed by atoms with van der Waals surface area (Å²) >= 11 is 0. The van der Waals surface area contributed by atoms with Crippen LogP contribution < -0.4 is 9.47 Å². The van der Waals surface area contributed by atoms with Crippen molar-refractivity contribution in [1.82, 2.24) is 10.2 Å². The smallest absolute Gasteiger partial charge is 0.248 e. The van der Waals surface area contributed by atoms with Gasteiger partial charge in [0, 0.05) is 11.1 Å². The van der Waals surface area contributed by atoms with Crippen molar-refractivity contribution in [3.05, 3.63) is 72.8 Å². The lowest BCUT2D eigenvalue weighted by atomic mass is 10.2. The monoisotopic (exact) mass is 362 g/mol. The van der Waals surface area contributed by atoms with Crippen molar-refractivity contribution in [2.75, 3.05) is 13.2 Å². The second-order valence-electron chi connectivity index (χ2n) is 5.72. The molecule has 3 rings (SSSR count). The van der Waals surface area contributed by atoms with Gasteiger partial charge in [0.15, 0.2) is 0 Å². The summed E-state index contributed by atoms with van der Waals surface area (Å²) in [4.78, 5) is 0. The Bertz CT molecular complexity index is 820. The maximum atomic E-state index is 5.81. The Labute approximate surface area is 159 Å². The molecule has 27 heavy (non-hydrogen) atoms. The van der Waals surface area contributed by atoms with Crippen LogP contribution in [0.3, 0.4) is 0 Å². The van der Waals surface area contributed by atoms with Crippen LogP contribution in [0.1, 0.15) is 13.8 Å². The van der Waals surface area contributed by atoms with Gasteiger partial charge in [-0.25, -0.2) is 0 Å². The zero-order valence-electron chi connectivity index (χ0n) is 15.5. The molecular formula is C22H22N2O3. The second kappa shape index (κ2) is 9.38. The number of ether oxygens (including phenoxy) is 2. The van der Waals surface area contributed by atoms with Crippen LogP contribution in [0.2, 0.25) is 0 Å². The minimum Gasteiger partial charge on any atom is -0.490 e. The van der Waals surface area contributed by atoms with Gasteiger partial charge >= 0.3 is 0 Å². The fourth-order valence-electron chi connectivity index (χ4n) is 2.33. The van der Waals surface area contributed by atoms with Gasteiger partial charge < -0.3 is 13.9 Å². The molecule has 2 aromatic carbocycles. The first-order valence-corrected chi connectivity index (χ1v) is 8.82. The highest BCUT2D eigenvalue weighted by Gasteiger charge is 2.10. The van der Waals surface area contributed by atoms with E-state index in [1.165, 1.54) is 0 Å². The van der Waals surface area contributed by atoms with Crippen LogP contribution in [-0.2, 0) is 0 Å². The molecule has 1 heterocycles. The van der Waals surface area contributed by atoms with Gasteiger partial charge in [0.2, 0.25) is 11.8 Å². The van der Waals surface area contributed by atoms with Gasteiger partial charge in [0.25, 0.3) is 0 Å². The molecule has 0 aliphatic rings. The van der Waals surface area contributed by atoms with Crippen molar-refractivity contribution in [3.8, 4) is 34.4 Å². The normalized spacial score (nSPS) is 11.3.